The van der Waals surface area contributed by atoms with Crippen molar-refractivity contribution in [3.8, 4) is 11.3 Å². The van der Waals surface area contributed by atoms with Crippen LogP contribution in [-0.4, -0.2) is 9.38 Å². The Labute approximate surface area is 117 Å². The van der Waals surface area contributed by atoms with Gasteiger partial charge in [0.15, 0.2) is 0 Å². The zero-order chi connectivity index (χ0) is 13.5. The summed E-state index contributed by atoms with van der Waals surface area (Å²) in [5, 5.41) is 2.41. The molecule has 2 aromatic heterocycles. The van der Waals surface area contributed by atoms with E-state index in [4.69, 9.17) is 4.98 Å². The van der Waals surface area contributed by atoms with Gasteiger partial charge >= 0.3 is 0 Å². The van der Waals surface area contributed by atoms with Crippen molar-refractivity contribution < 1.29 is 0 Å². The molecule has 0 N–H and O–H groups in total. The lowest BCUT2D eigenvalue weighted by Gasteiger charge is -1.98. The molecular weight excluding hydrogens is 244 g/mol. The first-order valence-corrected chi connectivity index (χ1v) is 6.75. The number of hydrogen-bond donors (Lipinski definition) is 0. The second-order valence-corrected chi connectivity index (χ2v) is 5.13. The first-order chi connectivity index (χ1) is 9.81. The smallest absolute Gasteiger partial charge is 0.145 e. The minimum absolute atomic E-state index is 1.01. The molecule has 2 heterocycles. The van der Waals surface area contributed by atoms with Gasteiger partial charge in [-0.05, 0) is 24.4 Å². The van der Waals surface area contributed by atoms with Crippen LogP contribution < -0.4 is 0 Å². The number of pyridine rings is 1. The summed E-state index contributed by atoms with van der Waals surface area (Å²) in [5.41, 5.74) is 4.45. The van der Waals surface area contributed by atoms with Crippen molar-refractivity contribution in [1.82, 2.24) is 9.38 Å². The summed E-state index contributed by atoms with van der Waals surface area (Å²) in [7, 11) is 0. The third-order valence-electron chi connectivity index (χ3n) is 3.66. The van der Waals surface area contributed by atoms with Crippen LogP contribution in [0.5, 0.6) is 0 Å². The average Bonchev–Trinajstić information content (AvgIpc) is 2.92. The molecule has 0 atom stereocenters. The summed E-state index contributed by atoms with van der Waals surface area (Å²) < 4.78 is 2.10. The number of rotatable bonds is 1. The van der Waals surface area contributed by atoms with Crippen LogP contribution in [0.2, 0.25) is 0 Å². The minimum Gasteiger partial charge on any atom is -0.306 e. The number of imidazole rings is 1. The van der Waals surface area contributed by atoms with Crippen molar-refractivity contribution >= 4 is 16.4 Å². The van der Waals surface area contributed by atoms with Crippen LogP contribution in [0.15, 0.2) is 67.0 Å². The molecule has 0 aliphatic rings. The van der Waals surface area contributed by atoms with E-state index in [2.05, 4.69) is 78.3 Å². The van der Waals surface area contributed by atoms with Crippen LogP contribution in [-0.2, 0) is 0 Å². The Morgan fingerprint density at radius 1 is 0.950 bits per heavy atom. The van der Waals surface area contributed by atoms with Crippen molar-refractivity contribution in [3.05, 3.63) is 72.6 Å². The molecule has 2 heteroatoms. The number of benzene rings is 2. The molecule has 4 aromatic rings. The Kier molecular flexibility index (Phi) is 2.36. The monoisotopic (exact) mass is 258 g/mol. The molecule has 0 bridgehead atoms. The Morgan fingerprint density at radius 2 is 1.85 bits per heavy atom. The van der Waals surface area contributed by atoms with Crippen LogP contribution in [0.1, 0.15) is 5.56 Å². The lowest BCUT2D eigenvalue weighted by atomic mass is 10.1. The van der Waals surface area contributed by atoms with Crippen LogP contribution >= 0.6 is 0 Å². The van der Waals surface area contributed by atoms with E-state index in [1.54, 1.807) is 0 Å². The summed E-state index contributed by atoms with van der Waals surface area (Å²) in [5.74, 6) is 0. The van der Waals surface area contributed by atoms with E-state index in [9.17, 15) is 0 Å². The van der Waals surface area contributed by atoms with Crippen LogP contribution in [0.4, 0.5) is 0 Å². The Hall–Kier alpha value is -2.61. The quantitative estimate of drug-likeness (QED) is 0.492. The van der Waals surface area contributed by atoms with Gasteiger partial charge in [-0.2, -0.15) is 0 Å². The predicted octanol–water partition coefficient (Wildman–Crippen LogP) is 4.46. The van der Waals surface area contributed by atoms with Crippen LogP contribution in [0.3, 0.4) is 0 Å². The van der Waals surface area contributed by atoms with E-state index in [1.165, 1.54) is 16.3 Å². The highest BCUT2D eigenvalue weighted by molar-refractivity contribution is 5.94. The molecule has 0 radical (unpaired) electrons. The fraction of sp³-hybridized carbons (Fsp3) is 0.0556. The zero-order valence-electron chi connectivity index (χ0n) is 11.2. The number of aromatic nitrogens is 2. The van der Waals surface area contributed by atoms with Crippen molar-refractivity contribution in [2.24, 2.45) is 0 Å². The average molecular weight is 258 g/mol. The highest BCUT2D eigenvalue weighted by Gasteiger charge is 2.07. The summed E-state index contributed by atoms with van der Waals surface area (Å²) >= 11 is 0. The van der Waals surface area contributed by atoms with Gasteiger partial charge in [0.05, 0.1) is 5.69 Å². The Balaban J connectivity index is 2.01. The normalized spacial score (nSPS) is 11.2. The van der Waals surface area contributed by atoms with Crippen LogP contribution in [0, 0.1) is 6.92 Å². The SMILES string of the molecule is Cc1cccc(-c2cn3ccc4ccccc4c3n2)c1. The second kappa shape index (κ2) is 4.20. The van der Waals surface area contributed by atoms with Gasteiger partial charge < -0.3 is 4.40 Å². The molecule has 20 heavy (non-hydrogen) atoms. The van der Waals surface area contributed by atoms with Gasteiger partial charge in [-0.25, -0.2) is 4.98 Å². The lowest BCUT2D eigenvalue weighted by Crippen LogP contribution is -1.83. The topological polar surface area (TPSA) is 17.3 Å². The van der Waals surface area contributed by atoms with Gasteiger partial charge in [0.2, 0.25) is 0 Å². The van der Waals surface area contributed by atoms with Crippen molar-refractivity contribution in [1.29, 1.82) is 0 Å². The molecule has 4 rings (SSSR count). The van der Waals surface area contributed by atoms with Gasteiger partial charge in [0, 0.05) is 23.3 Å². The fourth-order valence-corrected chi connectivity index (χ4v) is 2.66. The lowest BCUT2D eigenvalue weighted by molar-refractivity contribution is 1.20. The molecule has 0 aliphatic heterocycles. The van der Waals surface area contributed by atoms with Crippen LogP contribution in [0.25, 0.3) is 27.7 Å². The maximum absolute atomic E-state index is 4.82. The maximum atomic E-state index is 4.82. The van der Waals surface area contributed by atoms with E-state index in [0.29, 0.717) is 0 Å². The summed E-state index contributed by atoms with van der Waals surface area (Å²) in [6, 6.07) is 19.0. The number of fused-ring (bicyclic) bond motifs is 3. The first kappa shape index (κ1) is 11.2. The molecule has 0 aliphatic carbocycles. The summed E-state index contributed by atoms with van der Waals surface area (Å²) in [4.78, 5) is 4.82. The molecule has 96 valence electrons. The third-order valence-corrected chi connectivity index (χ3v) is 3.66. The number of hydrogen-bond acceptors (Lipinski definition) is 1. The highest BCUT2D eigenvalue weighted by atomic mass is 15.0. The van der Waals surface area contributed by atoms with Gasteiger partial charge in [0.1, 0.15) is 5.65 Å². The molecule has 0 amide bonds. The van der Waals surface area contributed by atoms with E-state index < -0.39 is 0 Å². The summed E-state index contributed by atoms with van der Waals surface area (Å²) in [6.07, 6.45) is 4.17. The Bertz CT molecular complexity index is 919. The van der Waals surface area contributed by atoms with E-state index in [-0.39, 0.29) is 0 Å². The van der Waals surface area contributed by atoms with Crippen molar-refractivity contribution in [3.63, 3.8) is 0 Å². The van der Waals surface area contributed by atoms with E-state index >= 15 is 0 Å². The molecule has 0 spiro atoms. The minimum atomic E-state index is 1.01. The second-order valence-electron chi connectivity index (χ2n) is 5.13. The van der Waals surface area contributed by atoms with Gasteiger partial charge in [-0.3, -0.25) is 0 Å². The standard InChI is InChI=1S/C18H14N2/c1-13-5-4-7-15(11-13)17-12-20-10-9-14-6-2-3-8-16(14)18(20)19-17/h2-12H,1H3. The molecule has 2 nitrogen and oxygen atoms in total. The molecule has 0 fully saturated rings. The van der Waals surface area contributed by atoms with Crippen molar-refractivity contribution in [2.45, 2.75) is 6.92 Å². The third kappa shape index (κ3) is 1.69. The molecule has 0 saturated heterocycles. The number of nitrogens with zero attached hydrogens (tertiary/aromatic N) is 2. The predicted molar refractivity (Wildman–Crippen MR) is 82.9 cm³/mol. The Morgan fingerprint density at radius 3 is 2.75 bits per heavy atom. The largest absolute Gasteiger partial charge is 0.306 e. The van der Waals surface area contributed by atoms with Gasteiger partial charge in [-0.15, -0.1) is 0 Å². The number of aryl methyl sites for hydroxylation is 1. The fourth-order valence-electron chi connectivity index (χ4n) is 2.66. The highest BCUT2D eigenvalue weighted by Crippen LogP contribution is 2.24. The zero-order valence-corrected chi connectivity index (χ0v) is 11.2. The van der Waals surface area contributed by atoms with Gasteiger partial charge in [0.25, 0.3) is 0 Å². The van der Waals surface area contributed by atoms with Crippen molar-refractivity contribution in [2.75, 3.05) is 0 Å². The molecule has 2 aromatic carbocycles. The first-order valence-electron chi connectivity index (χ1n) is 6.75. The van der Waals surface area contributed by atoms with E-state index in [1.807, 2.05) is 0 Å². The molecule has 0 saturated carbocycles. The van der Waals surface area contributed by atoms with E-state index in [0.717, 1.165) is 16.9 Å². The molecule has 0 unspecified atom stereocenters. The summed E-state index contributed by atoms with van der Waals surface area (Å²) in [6.45, 7) is 2.11. The maximum Gasteiger partial charge on any atom is 0.145 e. The van der Waals surface area contributed by atoms with Gasteiger partial charge in [-0.1, -0.05) is 48.0 Å². The molecular formula is C18H14N2.